The first-order chi connectivity index (χ1) is 7.71. The van der Waals surface area contributed by atoms with Crippen LogP contribution in [0.5, 0.6) is 0 Å². The highest BCUT2D eigenvalue weighted by Gasteiger charge is 2.39. The topological polar surface area (TPSA) is 76.1 Å². The molecule has 0 aromatic carbocycles. The van der Waals surface area contributed by atoms with Crippen molar-refractivity contribution in [2.75, 3.05) is 5.32 Å². The number of aromatic nitrogens is 1. The summed E-state index contributed by atoms with van der Waals surface area (Å²) in [6.07, 6.45) is -2.45. The third-order valence-electron chi connectivity index (χ3n) is 1.87. The molecule has 3 N–H and O–H groups in total. The van der Waals surface area contributed by atoms with Crippen molar-refractivity contribution in [1.82, 2.24) is 0 Å². The molecule has 0 aliphatic carbocycles. The van der Waals surface area contributed by atoms with Gasteiger partial charge in [-0.15, -0.1) is 0 Å². The lowest BCUT2D eigenvalue weighted by atomic mass is 10.2. The lowest BCUT2D eigenvalue weighted by molar-refractivity contribution is -0.670. The molecule has 1 rings (SSSR count). The molecule has 1 aromatic rings. The van der Waals surface area contributed by atoms with E-state index < -0.39 is 18.0 Å². The van der Waals surface area contributed by atoms with E-state index in [9.17, 15) is 22.8 Å². The van der Waals surface area contributed by atoms with E-state index in [1.807, 2.05) is 0 Å². The molecule has 8 heteroatoms. The van der Waals surface area contributed by atoms with Crippen molar-refractivity contribution in [3.8, 4) is 0 Å². The third-order valence-corrected chi connectivity index (χ3v) is 1.87. The van der Waals surface area contributed by atoms with Crippen molar-refractivity contribution in [1.29, 1.82) is 0 Å². The van der Waals surface area contributed by atoms with Gasteiger partial charge in [-0.25, -0.2) is 4.57 Å². The van der Waals surface area contributed by atoms with Gasteiger partial charge in [0.1, 0.15) is 12.7 Å². The summed E-state index contributed by atoms with van der Waals surface area (Å²) in [5.41, 5.74) is 4.49. The molecule has 0 atom stereocenters. The predicted octanol–water partition coefficient (Wildman–Crippen LogP) is 0.111. The third kappa shape index (κ3) is 3.16. The molecule has 0 bridgehead atoms. The van der Waals surface area contributed by atoms with Crippen LogP contribution in [0.4, 0.5) is 18.9 Å². The maximum atomic E-state index is 12.0. The van der Waals surface area contributed by atoms with Gasteiger partial charge >= 0.3 is 12.1 Å². The number of hydrogen-bond donors (Lipinski definition) is 2. The van der Waals surface area contributed by atoms with Gasteiger partial charge in [-0.2, -0.15) is 13.2 Å². The summed E-state index contributed by atoms with van der Waals surface area (Å²) < 4.78 is 37.5. The normalized spacial score (nSPS) is 11.1. The quantitative estimate of drug-likeness (QED) is 0.729. The Morgan fingerprint density at radius 2 is 2.00 bits per heavy atom. The summed E-state index contributed by atoms with van der Waals surface area (Å²) in [4.78, 5) is 21.7. The highest BCUT2D eigenvalue weighted by atomic mass is 19.4. The Morgan fingerprint density at radius 1 is 1.41 bits per heavy atom. The van der Waals surface area contributed by atoms with Gasteiger partial charge in [-0.3, -0.25) is 9.59 Å². The number of anilines is 1. The molecule has 5 nitrogen and oxygen atoms in total. The summed E-state index contributed by atoms with van der Waals surface area (Å²) in [5, 5.41) is 1.59. The highest BCUT2D eigenvalue weighted by molar-refractivity contribution is 6.03. The van der Waals surface area contributed by atoms with Crippen molar-refractivity contribution in [3.05, 3.63) is 24.0 Å². The Labute approximate surface area is 94.0 Å². The van der Waals surface area contributed by atoms with E-state index in [1.165, 1.54) is 23.9 Å². The zero-order valence-electron chi connectivity index (χ0n) is 8.71. The van der Waals surface area contributed by atoms with Crippen LogP contribution in [0.3, 0.4) is 0 Å². The lowest BCUT2D eigenvalue weighted by Crippen LogP contribution is -2.34. The number of amides is 2. The van der Waals surface area contributed by atoms with Gasteiger partial charge in [0, 0.05) is 6.07 Å². The number of alkyl halides is 3. The van der Waals surface area contributed by atoms with E-state index in [-0.39, 0.29) is 11.3 Å². The smallest absolute Gasteiger partial charge is 0.366 e. The van der Waals surface area contributed by atoms with Crippen LogP contribution in [0.25, 0.3) is 0 Å². The minimum absolute atomic E-state index is 0.194. The number of nitrogens with two attached hydrogens (primary N) is 1. The summed E-state index contributed by atoms with van der Waals surface area (Å²) in [7, 11) is 1.52. The summed E-state index contributed by atoms with van der Waals surface area (Å²) in [6.45, 7) is 0. The standard InChI is InChI=1S/C9H8F3N3O2/c1-15-3-2-5(7(13)16)6(4-15)14-8(17)9(10,11)12/h2-4H,1H3,(H2-,13,14,16,17)/p+1. The molecule has 0 saturated heterocycles. The average molecular weight is 248 g/mol. The molecular formula is C9H9F3N3O2+. The maximum Gasteiger partial charge on any atom is 0.471 e. The van der Waals surface area contributed by atoms with Crippen LogP contribution in [0.1, 0.15) is 10.4 Å². The number of nitrogens with zero attached hydrogens (tertiary/aromatic N) is 1. The molecular weight excluding hydrogens is 239 g/mol. The Balaban J connectivity index is 3.09. The summed E-state index contributed by atoms with van der Waals surface area (Å²) in [5.74, 6) is -3.09. The monoisotopic (exact) mass is 248 g/mol. The molecule has 1 aromatic heterocycles. The number of halogens is 3. The number of primary amides is 1. The van der Waals surface area contributed by atoms with Crippen LogP contribution in [-0.4, -0.2) is 18.0 Å². The minimum Gasteiger partial charge on any atom is -0.366 e. The minimum atomic E-state index is -5.02. The highest BCUT2D eigenvalue weighted by Crippen LogP contribution is 2.19. The van der Waals surface area contributed by atoms with Gasteiger partial charge in [0.2, 0.25) is 0 Å². The van der Waals surface area contributed by atoms with Crippen LogP contribution < -0.4 is 15.6 Å². The SMILES string of the molecule is C[n+]1ccc(C(N)=O)c(NC(=O)C(F)(F)F)c1. The van der Waals surface area contributed by atoms with Crippen molar-refractivity contribution in [3.63, 3.8) is 0 Å². The Kier molecular flexibility index (Phi) is 3.35. The van der Waals surface area contributed by atoms with Crippen LogP contribution in [0.2, 0.25) is 0 Å². The molecule has 0 unspecified atom stereocenters. The van der Waals surface area contributed by atoms with Crippen LogP contribution in [-0.2, 0) is 11.8 Å². The van der Waals surface area contributed by atoms with Gasteiger partial charge in [0.15, 0.2) is 12.4 Å². The van der Waals surface area contributed by atoms with E-state index in [4.69, 9.17) is 5.73 Å². The Bertz CT molecular complexity index is 471. The van der Waals surface area contributed by atoms with Gasteiger partial charge in [-0.1, -0.05) is 0 Å². The Hall–Kier alpha value is -2.12. The first kappa shape index (κ1) is 12.9. The molecule has 0 spiro atoms. The number of carbonyl (C=O) groups excluding carboxylic acids is 2. The largest absolute Gasteiger partial charge is 0.471 e. The van der Waals surface area contributed by atoms with E-state index in [0.717, 1.165) is 6.20 Å². The zero-order chi connectivity index (χ0) is 13.2. The van der Waals surface area contributed by atoms with Gasteiger partial charge in [-0.05, 0) is 0 Å². The second kappa shape index (κ2) is 4.40. The number of aryl methyl sites for hydroxylation is 1. The van der Waals surface area contributed by atoms with Crippen LogP contribution in [0.15, 0.2) is 18.5 Å². The maximum absolute atomic E-state index is 12.0. The lowest BCUT2D eigenvalue weighted by Gasteiger charge is -2.08. The second-order valence-electron chi connectivity index (χ2n) is 3.25. The molecule has 0 fully saturated rings. The van der Waals surface area contributed by atoms with Gasteiger partial charge < -0.3 is 11.1 Å². The molecule has 0 saturated carbocycles. The fourth-order valence-corrected chi connectivity index (χ4v) is 1.11. The first-order valence-electron chi connectivity index (χ1n) is 4.39. The van der Waals surface area contributed by atoms with E-state index >= 15 is 0 Å². The van der Waals surface area contributed by atoms with Crippen molar-refractivity contribution in [2.45, 2.75) is 6.18 Å². The van der Waals surface area contributed by atoms with E-state index in [1.54, 1.807) is 5.32 Å². The zero-order valence-corrected chi connectivity index (χ0v) is 8.71. The van der Waals surface area contributed by atoms with E-state index in [2.05, 4.69) is 0 Å². The molecule has 0 aliphatic rings. The molecule has 2 amide bonds. The number of hydrogen-bond acceptors (Lipinski definition) is 2. The molecule has 0 radical (unpaired) electrons. The summed E-state index contributed by atoms with van der Waals surface area (Å²) >= 11 is 0. The van der Waals surface area contributed by atoms with Crippen LogP contribution >= 0.6 is 0 Å². The predicted molar refractivity (Wildman–Crippen MR) is 50.8 cm³/mol. The van der Waals surface area contributed by atoms with Gasteiger partial charge in [0.05, 0.1) is 5.56 Å². The molecule has 17 heavy (non-hydrogen) atoms. The number of rotatable bonds is 2. The number of pyridine rings is 1. The average Bonchev–Trinajstić information content (AvgIpc) is 2.15. The van der Waals surface area contributed by atoms with Crippen molar-refractivity contribution in [2.24, 2.45) is 12.8 Å². The first-order valence-corrected chi connectivity index (χ1v) is 4.39. The van der Waals surface area contributed by atoms with Crippen LogP contribution in [0, 0.1) is 0 Å². The summed E-state index contributed by atoms with van der Waals surface area (Å²) in [6, 6.07) is 1.22. The molecule has 92 valence electrons. The molecule has 1 heterocycles. The molecule has 0 aliphatic heterocycles. The fraction of sp³-hybridized carbons (Fsp3) is 0.222. The Morgan fingerprint density at radius 3 is 2.47 bits per heavy atom. The van der Waals surface area contributed by atoms with E-state index in [0.29, 0.717) is 0 Å². The van der Waals surface area contributed by atoms with Crippen molar-refractivity contribution >= 4 is 17.5 Å². The number of carbonyl (C=O) groups is 2. The van der Waals surface area contributed by atoms with Crippen molar-refractivity contribution < 1.29 is 27.3 Å². The fourth-order valence-electron chi connectivity index (χ4n) is 1.11. The number of nitrogens with one attached hydrogen (secondary N) is 1. The second-order valence-corrected chi connectivity index (χ2v) is 3.25. The van der Waals surface area contributed by atoms with Gasteiger partial charge in [0.25, 0.3) is 5.91 Å².